The minimum Gasteiger partial charge on any atom is -0.262 e. The van der Waals surface area contributed by atoms with Gasteiger partial charge in [0.25, 0.3) is 10.0 Å². The van der Waals surface area contributed by atoms with Gasteiger partial charge in [-0.05, 0) is 46.3 Å². The summed E-state index contributed by atoms with van der Waals surface area (Å²) in [4.78, 5) is 3.94. The van der Waals surface area contributed by atoms with Gasteiger partial charge in [-0.1, -0.05) is 27.5 Å². The van der Waals surface area contributed by atoms with E-state index in [-0.39, 0.29) is 15.7 Å². The molecule has 0 aliphatic heterocycles. The summed E-state index contributed by atoms with van der Waals surface area (Å²) in [5, 5.41) is 0.133. The lowest BCUT2D eigenvalue weighted by Crippen LogP contribution is -2.14. The van der Waals surface area contributed by atoms with Crippen molar-refractivity contribution < 1.29 is 8.42 Å². The number of hydrogen-bond acceptors (Lipinski definition) is 3. The Bertz CT molecular complexity index is 722. The SMILES string of the molecule is O=S(=O)(Nc1ncccc1Br)c1ccc(Br)cc1Cl. The summed E-state index contributed by atoms with van der Waals surface area (Å²) in [7, 11) is -3.78. The highest BCUT2D eigenvalue weighted by molar-refractivity contribution is 9.10. The first-order valence-electron chi connectivity index (χ1n) is 4.98. The van der Waals surface area contributed by atoms with Crippen LogP contribution >= 0.6 is 43.5 Å². The monoisotopic (exact) mass is 424 g/mol. The predicted molar refractivity (Wildman–Crippen MR) is 81.9 cm³/mol. The molecule has 2 aromatic rings. The van der Waals surface area contributed by atoms with Gasteiger partial charge in [0.1, 0.15) is 4.90 Å². The first kappa shape index (κ1) is 14.8. The Labute approximate surface area is 132 Å². The van der Waals surface area contributed by atoms with Crippen molar-refractivity contribution in [3.63, 3.8) is 0 Å². The molecular formula is C11H7Br2ClN2O2S. The van der Waals surface area contributed by atoms with Crippen molar-refractivity contribution in [1.82, 2.24) is 4.98 Å². The van der Waals surface area contributed by atoms with Crippen LogP contribution in [0.2, 0.25) is 5.02 Å². The van der Waals surface area contributed by atoms with Gasteiger partial charge >= 0.3 is 0 Å². The lowest BCUT2D eigenvalue weighted by molar-refractivity contribution is 0.601. The Kier molecular flexibility index (Phi) is 4.50. The number of sulfonamides is 1. The third-order valence-corrected chi connectivity index (χ3v) is 5.13. The second-order valence-electron chi connectivity index (χ2n) is 3.51. The van der Waals surface area contributed by atoms with Crippen LogP contribution in [0.4, 0.5) is 5.82 Å². The van der Waals surface area contributed by atoms with Crippen molar-refractivity contribution in [3.05, 3.63) is 50.5 Å². The molecule has 2 rings (SSSR count). The number of benzene rings is 1. The van der Waals surface area contributed by atoms with Gasteiger partial charge in [-0.25, -0.2) is 13.4 Å². The Morgan fingerprint density at radius 2 is 1.95 bits per heavy atom. The van der Waals surface area contributed by atoms with E-state index in [0.717, 1.165) is 0 Å². The fourth-order valence-electron chi connectivity index (χ4n) is 1.34. The fourth-order valence-corrected chi connectivity index (χ4v) is 3.89. The van der Waals surface area contributed by atoms with E-state index < -0.39 is 10.0 Å². The number of nitrogens with one attached hydrogen (secondary N) is 1. The average Bonchev–Trinajstić information content (AvgIpc) is 2.31. The largest absolute Gasteiger partial charge is 0.264 e. The molecule has 1 N–H and O–H groups in total. The van der Waals surface area contributed by atoms with Crippen molar-refractivity contribution in [2.24, 2.45) is 0 Å². The van der Waals surface area contributed by atoms with E-state index in [9.17, 15) is 8.42 Å². The third-order valence-electron chi connectivity index (χ3n) is 2.17. The number of rotatable bonds is 3. The molecule has 1 heterocycles. The molecule has 0 bridgehead atoms. The maximum atomic E-state index is 12.2. The van der Waals surface area contributed by atoms with Crippen molar-refractivity contribution in [2.75, 3.05) is 4.72 Å². The predicted octanol–water partition coefficient (Wildman–Crippen LogP) is 4.06. The van der Waals surface area contributed by atoms with Crippen LogP contribution in [0.25, 0.3) is 0 Å². The average molecular weight is 427 g/mol. The molecule has 0 aliphatic carbocycles. The normalized spacial score (nSPS) is 11.3. The number of halogens is 3. The van der Waals surface area contributed by atoms with Crippen LogP contribution in [0.1, 0.15) is 0 Å². The van der Waals surface area contributed by atoms with E-state index in [0.29, 0.717) is 8.95 Å². The number of nitrogens with zero attached hydrogens (tertiary/aromatic N) is 1. The van der Waals surface area contributed by atoms with Gasteiger partial charge in [0.15, 0.2) is 5.82 Å². The molecule has 0 unspecified atom stereocenters. The molecule has 19 heavy (non-hydrogen) atoms. The minimum absolute atomic E-state index is 0.00470. The van der Waals surface area contributed by atoms with E-state index in [1.54, 1.807) is 18.2 Å². The number of pyridine rings is 1. The van der Waals surface area contributed by atoms with E-state index in [1.165, 1.54) is 18.3 Å². The highest BCUT2D eigenvalue weighted by Crippen LogP contribution is 2.28. The van der Waals surface area contributed by atoms with Crippen LogP contribution in [0, 0.1) is 0 Å². The van der Waals surface area contributed by atoms with Crippen LogP contribution < -0.4 is 4.72 Å². The van der Waals surface area contributed by atoms with Gasteiger partial charge < -0.3 is 0 Å². The van der Waals surface area contributed by atoms with E-state index in [2.05, 4.69) is 41.6 Å². The summed E-state index contributed by atoms with van der Waals surface area (Å²) in [6, 6.07) is 7.92. The standard InChI is InChI=1S/C11H7Br2ClN2O2S/c12-7-3-4-10(9(14)6-7)19(17,18)16-11-8(13)2-1-5-15-11/h1-6H,(H,15,16). The zero-order valence-electron chi connectivity index (χ0n) is 9.27. The summed E-state index contributed by atoms with van der Waals surface area (Å²) < 4.78 is 28.1. The molecule has 0 atom stereocenters. The molecule has 0 spiro atoms. The Morgan fingerprint density at radius 1 is 1.21 bits per heavy atom. The minimum atomic E-state index is -3.78. The van der Waals surface area contributed by atoms with Crippen LogP contribution in [0.15, 0.2) is 50.4 Å². The number of hydrogen-bond donors (Lipinski definition) is 1. The van der Waals surface area contributed by atoms with Gasteiger partial charge in [0.2, 0.25) is 0 Å². The molecule has 0 saturated heterocycles. The molecule has 0 aliphatic rings. The second-order valence-corrected chi connectivity index (χ2v) is 7.34. The van der Waals surface area contributed by atoms with Crippen LogP contribution in [-0.2, 0) is 10.0 Å². The van der Waals surface area contributed by atoms with Crippen molar-refractivity contribution in [3.8, 4) is 0 Å². The van der Waals surface area contributed by atoms with Crippen molar-refractivity contribution >= 4 is 59.3 Å². The maximum Gasteiger partial charge on any atom is 0.264 e. The highest BCUT2D eigenvalue weighted by Gasteiger charge is 2.19. The molecule has 1 aromatic heterocycles. The van der Waals surface area contributed by atoms with Crippen LogP contribution in [-0.4, -0.2) is 13.4 Å². The van der Waals surface area contributed by atoms with Gasteiger partial charge in [0, 0.05) is 10.7 Å². The van der Waals surface area contributed by atoms with Crippen LogP contribution in [0.3, 0.4) is 0 Å². The lowest BCUT2D eigenvalue weighted by atomic mass is 10.4. The molecule has 0 fully saturated rings. The highest BCUT2D eigenvalue weighted by atomic mass is 79.9. The maximum absolute atomic E-state index is 12.2. The summed E-state index contributed by atoms with van der Waals surface area (Å²) in [6.07, 6.45) is 1.49. The smallest absolute Gasteiger partial charge is 0.262 e. The zero-order valence-corrected chi connectivity index (χ0v) is 14.0. The molecular weight excluding hydrogens is 419 g/mol. The Hall–Kier alpha value is -0.630. The number of aromatic nitrogens is 1. The second kappa shape index (κ2) is 5.78. The molecule has 1 aromatic carbocycles. The third kappa shape index (κ3) is 3.47. The van der Waals surface area contributed by atoms with Gasteiger partial charge in [-0.15, -0.1) is 0 Å². The Morgan fingerprint density at radius 3 is 2.58 bits per heavy atom. The fraction of sp³-hybridized carbons (Fsp3) is 0. The number of anilines is 1. The van der Waals surface area contributed by atoms with E-state index in [4.69, 9.17) is 11.6 Å². The van der Waals surface area contributed by atoms with Gasteiger partial charge in [-0.2, -0.15) is 0 Å². The molecule has 0 radical (unpaired) electrons. The lowest BCUT2D eigenvalue weighted by Gasteiger charge is -2.10. The molecule has 0 amide bonds. The van der Waals surface area contributed by atoms with Gasteiger partial charge in [-0.3, -0.25) is 4.72 Å². The zero-order chi connectivity index (χ0) is 14.0. The first-order chi connectivity index (χ1) is 8.90. The van der Waals surface area contributed by atoms with Gasteiger partial charge in [0.05, 0.1) is 9.50 Å². The molecule has 8 heteroatoms. The topological polar surface area (TPSA) is 59.1 Å². The Balaban J connectivity index is 2.41. The first-order valence-corrected chi connectivity index (χ1v) is 8.43. The summed E-state index contributed by atoms with van der Waals surface area (Å²) in [5.74, 6) is 0.210. The molecule has 100 valence electrons. The quantitative estimate of drug-likeness (QED) is 0.805. The van der Waals surface area contributed by atoms with Crippen molar-refractivity contribution in [2.45, 2.75) is 4.90 Å². The summed E-state index contributed by atoms with van der Waals surface area (Å²) in [5.41, 5.74) is 0. The molecule has 0 saturated carbocycles. The summed E-state index contributed by atoms with van der Waals surface area (Å²) in [6.45, 7) is 0. The van der Waals surface area contributed by atoms with Crippen molar-refractivity contribution in [1.29, 1.82) is 0 Å². The van der Waals surface area contributed by atoms with E-state index in [1.807, 2.05) is 0 Å². The van der Waals surface area contributed by atoms with E-state index >= 15 is 0 Å². The molecule has 4 nitrogen and oxygen atoms in total. The summed E-state index contributed by atoms with van der Waals surface area (Å²) >= 11 is 12.4. The van der Waals surface area contributed by atoms with Crippen LogP contribution in [0.5, 0.6) is 0 Å².